The molecule has 0 radical (unpaired) electrons. The predicted molar refractivity (Wildman–Crippen MR) is 75.1 cm³/mol. The summed E-state index contributed by atoms with van der Waals surface area (Å²) in [6, 6.07) is 14.8. The molecule has 0 aliphatic carbocycles. The van der Waals surface area contributed by atoms with Gasteiger partial charge < -0.3 is 5.11 Å². The van der Waals surface area contributed by atoms with Gasteiger partial charge in [-0.15, -0.1) is 0 Å². The number of halogens is 1. The fourth-order valence-corrected chi connectivity index (χ4v) is 2.28. The highest BCUT2D eigenvalue weighted by Gasteiger charge is 2.15. The predicted octanol–water partition coefficient (Wildman–Crippen LogP) is 3.36. The smallest absolute Gasteiger partial charge is 0.122 e. The van der Waals surface area contributed by atoms with Crippen LogP contribution >= 0.6 is 11.6 Å². The van der Waals surface area contributed by atoms with Crippen molar-refractivity contribution in [3.63, 3.8) is 0 Å². The average Bonchev–Trinajstić information content (AvgIpc) is 2.46. The van der Waals surface area contributed by atoms with Crippen molar-refractivity contribution in [2.24, 2.45) is 0 Å². The van der Waals surface area contributed by atoms with E-state index in [1.807, 2.05) is 36.4 Å². The number of aliphatic hydroxyl groups excluding tert-OH is 1. The van der Waals surface area contributed by atoms with Crippen molar-refractivity contribution in [2.75, 3.05) is 0 Å². The first-order valence-corrected chi connectivity index (χ1v) is 6.26. The van der Waals surface area contributed by atoms with Crippen molar-refractivity contribution < 1.29 is 5.11 Å². The first-order chi connectivity index (χ1) is 9.25. The van der Waals surface area contributed by atoms with E-state index in [4.69, 9.17) is 11.6 Å². The molecule has 3 aromatic rings. The van der Waals surface area contributed by atoms with E-state index < -0.39 is 6.10 Å². The van der Waals surface area contributed by atoms with Gasteiger partial charge in [-0.3, -0.25) is 0 Å². The van der Waals surface area contributed by atoms with Crippen LogP contribution in [0.5, 0.6) is 0 Å². The van der Waals surface area contributed by atoms with E-state index in [0.29, 0.717) is 10.7 Å². The normalized spacial score (nSPS) is 12.5. The summed E-state index contributed by atoms with van der Waals surface area (Å²) >= 11 is 5.95. The van der Waals surface area contributed by atoms with Gasteiger partial charge in [0.15, 0.2) is 0 Å². The van der Waals surface area contributed by atoms with Gasteiger partial charge in [-0.05, 0) is 23.8 Å². The Kier molecular flexibility index (Phi) is 3.15. The van der Waals surface area contributed by atoms with Crippen molar-refractivity contribution in [1.82, 2.24) is 9.97 Å². The Bertz CT molecular complexity index is 725. The highest BCUT2D eigenvalue weighted by Crippen LogP contribution is 2.27. The third kappa shape index (κ3) is 2.30. The SMILES string of the molecule is OC(c1cccc(Cl)c1)c1ncnc2ccccc12. The number of fused-ring (bicyclic) bond motifs is 1. The summed E-state index contributed by atoms with van der Waals surface area (Å²) in [6.45, 7) is 0. The minimum absolute atomic E-state index is 0.591. The monoisotopic (exact) mass is 270 g/mol. The lowest BCUT2D eigenvalue weighted by Crippen LogP contribution is -2.04. The summed E-state index contributed by atoms with van der Waals surface area (Å²) < 4.78 is 0. The van der Waals surface area contributed by atoms with E-state index in [-0.39, 0.29) is 0 Å². The summed E-state index contributed by atoms with van der Waals surface area (Å²) in [4.78, 5) is 8.40. The van der Waals surface area contributed by atoms with Gasteiger partial charge in [-0.2, -0.15) is 0 Å². The molecule has 0 fully saturated rings. The number of para-hydroxylation sites is 1. The van der Waals surface area contributed by atoms with E-state index in [1.165, 1.54) is 6.33 Å². The molecule has 0 spiro atoms. The lowest BCUT2D eigenvalue weighted by molar-refractivity contribution is 0.217. The molecule has 0 amide bonds. The molecule has 3 rings (SSSR count). The van der Waals surface area contributed by atoms with Crippen LogP contribution in [-0.4, -0.2) is 15.1 Å². The molecule has 1 atom stereocenters. The molecule has 0 saturated heterocycles. The van der Waals surface area contributed by atoms with E-state index in [1.54, 1.807) is 12.1 Å². The quantitative estimate of drug-likeness (QED) is 0.777. The zero-order valence-corrected chi connectivity index (χ0v) is 10.7. The molecular weight excluding hydrogens is 260 g/mol. The number of hydrogen-bond acceptors (Lipinski definition) is 3. The standard InChI is InChI=1S/C15H11ClN2O/c16-11-5-3-4-10(8-11)15(19)14-12-6-1-2-7-13(12)17-9-18-14/h1-9,15,19H. The minimum atomic E-state index is -0.813. The second-order valence-electron chi connectivity index (χ2n) is 4.23. The number of benzene rings is 2. The molecule has 1 N–H and O–H groups in total. The van der Waals surface area contributed by atoms with Crippen molar-refractivity contribution >= 4 is 22.5 Å². The molecule has 2 aromatic carbocycles. The maximum atomic E-state index is 10.5. The number of rotatable bonds is 2. The molecule has 1 aromatic heterocycles. The van der Waals surface area contributed by atoms with Crippen molar-refractivity contribution in [1.29, 1.82) is 0 Å². The van der Waals surface area contributed by atoms with Crippen LogP contribution in [0.4, 0.5) is 0 Å². The number of aromatic nitrogens is 2. The molecule has 4 heteroatoms. The van der Waals surface area contributed by atoms with Crippen LogP contribution in [0.15, 0.2) is 54.9 Å². The molecule has 94 valence electrons. The van der Waals surface area contributed by atoms with Gasteiger partial charge in [0.2, 0.25) is 0 Å². The molecular formula is C15H11ClN2O. The molecule has 1 unspecified atom stereocenters. The van der Waals surface area contributed by atoms with Crippen LogP contribution in [0.2, 0.25) is 5.02 Å². The summed E-state index contributed by atoms with van der Waals surface area (Å²) in [5.74, 6) is 0. The van der Waals surface area contributed by atoms with Gasteiger partial charge in [0.1, 0.15) is 12.4 Å². The van der Waals surface area contributed by atoms with E-state index in [2.05, 4.69) is 9.97 Å². The molecule has 1 heterocycles. The molecule has 0 aliphatic heterocycles. The number of nitrogens with zero attached hydrogens (tertiary/aromatic N) is 2. The second-order valence-corrected chi connectivity index (χ2v) is 4.67. The maximum Gasteiger partial charge on any atom is 0.122 e. The maximum absolute atomic E-state index is 10.5. The second kappa shape index (κ2) is 4.96. The molecule has 0 bridgehead atoms. The van der Waals surface area contributed by atoms with Crippen LogP contribution in [0.1, 0.15) is 17.4 Å². The van der Waals surface area contributed by atoms with Crippen LogP contribution in [0.25, 0.3) is 10.9 Å². The Morgan fingerprint density at radius 2 is 1.84 bits per heavy atom. The Morgan fingerprint density at radius 3 is 2.68 bits per heavy atom. The molecule has 0 saturated carbocycles. The Hall–Kier alpha value is -1.97. The first kappa shape index (κ1) is 12.1. The Morgan fingerprint density at radius 1 is 1.00 bits per heavy atom. The summed E-state index contributed by atoms with van der Waals surface area (Å²) in [5.41, 5.74) is 2.12. The number of hydrogen-bond donors (Lipinski definition) is 1. The van der Waals surface area contributed by atoms with Gasteiger partial charge >= 0.3 is 0 Å². The van der Waals surface area contributed by atoms with E-state index >= 15 is 0 Å². The van der Waals surface area contributed by atoms with Crippen molar-refractivity contribution in [2.45, 2.75) is 6.10 Å². The van der Waals surface area contributed by atoms with Gasteiger partial charge in [-0.25, -0.2) is 9.97 Å². The van der Waals surface area contributed by atoms with Crippen LogP contribution in [0, 0.1) is 0 Å². The largest absolute Gasteiger partial charge is 0.382 e. The lowest BCUT2D eigenvalue weighted by atomic mass is 10.0. The minimum Gasteiger partial charge on any atom is -0.382 e. The highest BCUT2D eigenvalue weighted by atomic mass is 35.5. The number of aliphatic hydroxyl groups is 1. The highest BCUT2D eigenvalue weighted by molar-refractivity contribution is 6.30. The molecule has 0 aliphatic rings. The van der Waals surface area contributed by atoms with Crippen LogP contribution in [-0.2, 0) is 0 Å². The van der Waals surface area contributed by atoms with Crippen molar-refractivity contribution in [3.8, 4) is 0 Å². The third-order valence-corrected chi connectivity index (χ3v) is 3.23. The summed E-state index contributed by atoms with van der Waals surface area (Å²) in [5, 5.41) is 11.9. The van der Waals surface area contributed by atoms with E-state index in [0.717, 1.165) is 16.5 Å². The molecule has 3 nitrogen and oxygen atoms in total. The topological polar surface area (TPSA) is 46.0 Å². The summed E-state index contributed by atoms with van der Waals surface area (Å²) in [7, 11) is 0. The Labute approximate surface area is 115 Å². The summed E-state index contributed by atoms with van der Waals surface area (Å²) in [6.07, 6.45) is 0.650. The van der Waals surface area contributed by atoms with Gasteiger partial charge in [0, 0.05) is 10.4 Å². The first-order valence-electron chi connectivity index (χ1n) is 5.89. The fourth-order valence-electron chi connectivity index (χ4n) is 2.08. The lowest BCUT2D eigenvalue weighted by Gasteiger charge is -2.12. The van der Waals surface area contributed by atoms with Gasteiger partial charge in [0.25, 0.3) is 0 Å². The van der Waals surface area contributed by atoms with Crippen LogP contribution < -0.4 is 0 Å². The van der Waals surface area contributed by atoms with Gasteiger partial charge in [0.05, 0.1) is 11.2 Å². The fraction of sp³-hybridized carbons (Fsp3) is 0.0667. The average molecular weight is 271 g/mol. The van der Waals surface area contributed by atoms with Crippen LogP contribution in [0.3, 0.4) is 0 Å². The van der Waals surface area contributed by atoms with Gasteiger partial charge in [-0.1, -0.05) is 41.9 Å². The zero-order chi connectivity index (χ0) is 13.2. The molecule has 19 heavy (non-hydrogen) atoms. The van der Waals surface area contributed by atoms with Crippen molar-refractivity contribution in [3.05, 3.63) is 71.1 Å². The Balaban J connectivity index is 2.14. The van der Waals surface area contributed by atoms with E-state index in [9.17, 15) is 5.11 Å². The zero-order valence-electron chi connectivity index (χ0n) is 9.99. The third-order valence-electron chi connectivity index (χ3n) is 3.00.